The van der Waals surface area contributed by atoms with E-state index < -0.39 is 50.5 Å². The Balaban J connectivity index is 0.00000504. The second-order valence-electron chi connectivity index (χ2n) is 11.8. The van der Waals surface area contributed by atoms with Gasteiger partial charge in [-0.1, -0.05) is 60.5 Å². The molecule has 2 aromatic heterocycles. The number of rotatable bonds is 12. The lowest BCUT2D eigenvalue weighted by Crippen LogP contribution is -2.41. The average Bonchev–Trinajstić information content (AvgIpc) is 3.60. The molecule has 1 fully saturated rings. The van der Waals surface area contributed by atoms with Crippen molar-refractivity contribution in [2.24, 2.45) is 0 Å². The summed E-state index contributed by atoms with van der Waals surface area (Å²) in [6.45, 7) is 1.93. The molecule has 50 heavy (non-hydrogen) atoms. The van der Waals surface area contributed by atoms with Gasteiger partial charge in [-0.15, -0.1) is 6.42 Å². The number of aliphatic hydroxyl groups excluding tert-OH is 1. The lowest BCUT2D eigenvalue weighted by Gasteiger charge is -2.26. The smallest absolute Gasteiger partial charge is 0.459 e. The number of aromatic nitrogens is 3. The number of benzene rings is 3. The molecule has 6 atom stereocenters. The number of methoxy groups -OCH3 is 1. The summed E-state index contributed by atoms with van der Waals surface area (Å²) in [5, 5.41) is 15.3. The van der Waals surface area contributed by atoms with Crippen LogP contribution in [0, 0.1) is 12.3 Å². The Bertz CT molecular complexity index is 2130. The van der Waals surface area contributed by atoms with Crippen molar-refractivity contribution in [2.45, 2.75) is 50.6 Å². The largest absolute Gasteiger partial charge is 0.496 e. The van der Waals surface area contributed by atoms with E-state index in [1.807, 2.05) is 18.2 Å². The normalized spacial score (nSPS) is 22.1. The number of terminal acetylenes is 1. The van der Waals surface area contributed by atoms with E-state index in [1.165, 1.54) is 31.1 Å². The minimum absolute atomic E-state index is 0. The number of hydrogen-bond acceptors (Lipinski definition) is 11. The van der Waals surface area contributed by atoms with E-state index >= 15 is 4.39 Å². The number of carbonyl (C=O) groups excluding carboxylic acids is 1. The summed E-state index contributed by atoms with van der Waals surface area (Å²) in [7, 11) is -2.99. The SMILES string of the molecule is C#Cc1cn([C@@H]2O[C@H](COP(=O)(NC(C)C(=O)OCc3ccccc3)Oc3ccc(OC)c4ccccc34)[C@@H](O)[C@@]2(C)F)c2ncnc(N)c12.[HH]. The van der Waals surface area contributed by atoms with Crippen LogP contribution in [-0.4, -0.2) is 63.2 Å². The number of nitrogens with zero attached hydrogens (tertiary/aromatic N) is 3. The molecule has 2 unspecified atom stereocenters. The Hall–Kier alpha value is -5.03. The molecule has 5 aromatic rings. The molecule has 0 bridgehead atoms. The molecular formula is C35H37FN5O8P. The van der Waals surface area contributed by atoms with Crippen LogP contribution in [-0.2, 0) is 30.0 Å². The van der Waals surface area contributed by atoms with Crippen molar-refractivity contribution < 1.29 is 43.5 Å². The molecule has 6 rings (SSSR count). The van der Waals surface area contributed by atoms with Gasteiger partial charge in [-0.2, -0.15) is 5.09 Å². The Morgan fingerprint density at radius 2 is 1.86 bits per heavy atom. The van der Waals surface area contributed by atoms with Gasteiger partial charge in [-0.3, -0.25) is 9.32 Å². The topological polar surface area (TPSA) is 169 Å². The van der Waals surface area contributed by atoms with Gasteiger partial charge in [0.15, 0.2) is 11.9 Å². The first-order valence-electron chi connectivity index (χ1n) is 15.5. The van der Waals surface area contributed by atoms with Crippen LogP contribution in [0.2, 0.25) is 0 Å². The third kappa shape index (κ3) is 6.74. The fourth-order valence-corrected chi connectivity index (χ4v) is 7.30. The van der Waals surface area contributed by atoms with E-state index in [4.69, 9.17) is 35.4 Å². The number of alkyl halides is 1. The Morgan fingerprint density at radius 1 is 1.18 bits per heavy atom. The van der Waals surface area contributed by atoms with Crippen LogP contribution in [0.5, 0.6) is 11.5 Å². The van der Waals surface area contributed by atoms with Gasteiger partial charge < -0.3 is 34.1 Å². The van der Waals surface area contributed by atoms with Gasteiger partial charge in [0.25, 0.3) is 0 Å². The molecule has 262 valence electrons. The predicted molar refractivity (Wildman–Crippen MR) is 185 cm³/mol. The Labute approximate surface area is 288 Å². The van der Waals surface area contributed by atoms with E-state index in [9.17, 15) is 14.5 Å². The molecule has 4 N–H and O–H groups in total. The van der Waals surface area contributed by atoms with Crippen molar-refractivity contribution in [1.29, 1.82) is 0 Å². The molecule has 0 saturated carbocycles. The molecule has 3 heterocycles. The van der Waals surface area contributed by atoms with Crippen LogP contribution in [0.25, 0.3) is 21.8 Å². The van der Waals surface area contributed by atoms with Crippen LogP contribution in [0.1, 0.15) is 32.6 Å². The fourth-order valence-electron chi connectivity index (χ4n) is 5.78. The fraction of sp³-hybridized carbons (Fsp3) is 0.286. The number of halogens is 1. The van der Waals surface area contributed by atoms with Gasteiger partial charge in [-0.05, 0) is 31.5 Å². The third-order valence-electron chi connectivity index (χ3n) is 8.38. The van der Waals surface area contributed by atoms with Crippen LogP contribution < -0.4 is 20.1 Å². The van der Waals surface area contributed by atoms with Crippen molar-refractivity contribution >= 4 is 41.3 Å². The van der Waals surface area contributed by atoms with Gasteiger partial charge >= 0.3 is 13.7 Å². The number of ether oxygens (including phenoxy) is 3. The highest BCUT2D eigenvalue weighted by Crippen LogP contribution is 2.50. The first-order valence-corrected chi connectivity index (χ1v) is 17.1. The Kier molecular flexibility index (Phi) is 9.80. The maximum absolute atomic E-state index is 16.3. The molecular weight excluding hydrogens is 668 g/mol. The molecule has 1 aliphatic rings. The van der Waals surface area contributed by atoms with Gasteiger partial charge in [0, 0.05) is 18.4 Å². The van der Waals surface area contributed by atoms with E-state index in [1.54, 1.807) is 48.5 Å². The number of nitrogens with two attached hydrogens (primary N) is 1. The number of nitrogens with one attached hydrogen (secondary N) is 1. The zero-order valence-electron chi connectivity index (χ0n) is 27.4. The monoisotopic (exact) mass is 705 g/mol. The second kappa shape index (κ2) is 14.1. The molecule has 0 amide bonds. The van der Waals surface area contributed by atoms with Crippen LogP contribution in [0.4, 0.5) is 10.2 Å². The number of fused-ring (bicyclic) bond motifs is 2. The molecule has 1 aliphatic heterocycles. The highest BCUT2D eigenvalue weighted by atomic mass is 31.2. The third-order valence-corrected chi connectivity index (χ3v) is 10.0. The number of carbonyl (C=O) groups is 1. The lowest BCUT2D eigenvalue weighted by atomic mass is 9.98. The zero-order valence-corrected chi connectivity index (χ0v) is 28.3. The quantitative estimate of drug-likeness (QED) is 0.0870. The van der Waals surface area contributed by atoms with Gasteiger partial charge in [0.05, 0.1) is 24.7 Å². The summed E-state index contributed by atoms with van der Waals surface area (Å²) in [5.74, 6) is 2.52. The first-order chi connectivity index (χ1) is 24.0. The lowest BCUT2D eigenvalue weighted by molar-refractivity contribution is -0.146. The molecule has 15 heteroatoms. The Morgan fingerprint density at radius 3 is 2.56 bits per heavy atom. The van der Waals surface area contributed by atoms with Gasteiger partial charge in [-0.25, -0.2) is 18.9 Å². The number of esters is 1. The summed E-state index contributed by atoms with van der Waals surface area (Å²) in [6, 6.07) is 18.1. The number of hydrogen-bond donors (Lipinski definition) is 3. The summed E-state index contributed by atoms with van der Waals surface area (Å²) < 4.78 is 60.9. The standard InChI is InChI=1S/C35H35FN5O8P.H2/c1-5-23-17-41(32-29(23)31(37)38-20-39-32)34-35(3,36)30(42)28(48-34)19-47-50(44,40-21(2)33(43)46-18-22-11-7-6-8-12-22)49-27-16-15-26(45-4)24-13-9-10-14-25(24)27;/h1,6-17,20-21,28,30,34,42H,18-19H2,2-4H3,(H,40,44)(H2,37,38,39);1H/t21?,28-,30-,34-,35-,50?;/m1./s1. The number of anilines is 1. The summed E-state index contributed by atoms with van der Waals surface area (Å²) in [6.07, 6.45) is 3.71. The summed E-state index contributed by atoms with van der Waals surface area (Å²) in [5.41, 5.74) is 4.86. The van der Waals surface area contributed by atoms with Crippen LogP contribution >= 0.6 is 7.75 Å². The van der Waals surface area contributed by atoms with E-state index in [0.717, 1.165) is 12.5 Å². The van der Waals surface area contributed by atoms with Crippen molar-refractivity contribution in [3.05, 3.63) is 90.4 Å². The maximum Gasteiger partial charge on any atom is 0.459 e. The van der Waals surface area contributed by atoms with Crippen molar-refractivity contribution in [2.75, 3.05) is 19.5 Å². The van der Waals surface area contributed by atoms with E-state index in [0.29, 0.717) is 27.5 Å². The van der Waals surface area contributed by atoms with Gasteiger partial charge in [0.2, 0.25) is 0 Å². The predicted octanol–water partition coefficient (Wildman–Crippen LogP) is 5.31. The minimum atomic E-state index is -4.51. The van der Waals surface area contributed by atoms with Crippen molar-refractivity contribution in [3.63, 3.8) is 0 Å². The highest BCUT2D eigenvalue weighted by Gasteiger charge is 2.56. The minimum Gasteiger partial charge on any atom is -0.496 e. The molecule has 0 aliphatic carbocycles. The number of nitrogen functional groups attached to an aromatic ring is 1. The van der Waals surface area contributed by atoms with Crippen LogP contribution in [0.3, 0.4) is 0 Å². The molecule has 1 saturated heterocycles. The zero-order chi connectivity index (χ0) is 35.6. The summed E-state index contributed by atoms with van der Waals surface area (Å²) in [4.78, 5) is 21.2. The molecule has 3 aromatic carbocycles. The molecule has 13 nitrogen and oxygen atoms in total. The second-order valence-corrected chi connectivity index (χ2v) is 13.5. The highest BCUT2D eigenvalue weighted by molar-refractivity contribution is 7.52. The first kappa shape index (κ1) is 34.8. The van der Waals surface area contributed by atoms with E-state index in [-0.39, 0.29) is 25.2 Å². The maximum atomic E-state index is 16.3. The number of aliphatic hydroxyl groups is 1. The van der Waals surface area contributed by atoms with Crippen LogP contribution in [0.15, 0.2) is 79.3 Å². The van der Waals surface area contributed by atoms with Crippen molar-refractivity contribution in [3.8, 4) is 23.8 Å². The summed E-state index contributed by atoms with van der Waals surface area (Å²) >= 11 is 0. The molecule has 0 spiro atoms. The average molecular weight is 706 g/mol. The van der Waals surface area contributed by atoms with Crippen molar-refractivity contribution in [1.82, 2.24) is 19.6 Å². The molecule has 0 radical (unpaired) electrons. The van der Waals surface area contributed by atoms with E-state index in [2.05, 4.69) is 21.0 Å². The van der Waals surface area contributed by atoms with Gasteiger partial charge in [0.1, 0.15) is 54.1 Å².